The van der Waals surface area contributed by atoms with E-state index in [4.69, 9.17) is 0 Å². The molecule has 0 spiro atoms. The minimum Gasteiger partial charge on any atom is -0.299 e. The van der Waals surface area contributed by atoms with Crippen molar-refractivity contribution in [3.8, 4) is 0 Å². The Hall–Kier alpha value is -1.11. The third-order valence-corrected chi connectivity index (χ3v) is 6.28. The van der Waals surface area contributed by atoms with Gasteiger partial charge in [-0.15, -0.1) is 0 Å². The molecule has 0 unspecified atom stereocenters. The highest BCUT2D eigenvalue weighted by Gasteiger charge is 2.54. The van der Waals surface area contributed by atoms with Crippen molar-refractivity contribution < 1.29 is 4.79 Å². The fraction of sp³-hybridized carbons (Fsp3) is 0.611. The minimum absolute atomic E-state index is 0.0135. The average molecular weight is 253 g/mol. The molecule has 0 saturated heterocycles. The normalized spacial score (nSPS) is 40.5. The molecular formula is C18H21O. The van der Waals surface area contributed by atoms with Gasteiger partial charge in [-0.25, -0.2) is 0 Å². The number of hydrogen-bond acceptors (Lipinski definition) is 1. The van der Waals surface area contributed by atoms with Gasteiger partial charge in [-0.3, -0.25) is 4.79 Å². The lowest BCUT2D eigenvalue weighted by Gasteiger charge is -2.48. The van der Waals surface area contributed by atoms with Gasteiger partial charge in [-0.2, -0.15) is 0 Å². The SMILES string of the molecule is C[C@]12CC[C@@H]3c4cc[c]cc4CC[C@H]3[C@@H]1CCC2=O. The van der Waals surface area contributed by atoms with Gasteiger partial charge in [0.15, 0.2) is 0 Å². The van der Waals surface area contributed by atoms with E-state index < -0.39 is 0 Å². The molecule has 19 heavy (non-hydrogen) atoms. The highest BCUT2D eigenvalue weighted by Crippen LogP contribution is 2.59. The summed E-state index contributed by atoms with van der Waals surface area (Å²) in [6, 6.07) is 9.75. The van der Waals surface area contributed by atoms with E-state index >= 15 is 0 Å². The lowest BCUT2D eigenvalue weighted by atomic mass is 9.55. The maximum atomic E-state index is 12.2. The first-order valence-corrected chi connectivity index (χ1v) is 7.72. The van der Waals surface area contributed by atoms with E-state index in [0.29, 0.717) is 17.6 Å². The zero-order valence-corrected chi connectivity index (χ0v) is 11.6. The molecule has 0 N–H and O–H groups in total. The predicted molar refractivity (Wildman–Crippen MR) is 74.9 cm³/mol. The monoisotopic (exact) mass is 253 g/mol. The molecule has 1 heteroatoms. The quantitative estimate of drug-likeness (QED) is 0.685. The highest BCUT2D eigenvalue weighted by atomic mass is 16.1. The Morgan fingerprint density at radius 1 is 1.26 bits per heavy atom. The van der Waals surface area contributed by atoms with E-state index in [9.17, 15) is 4.79 Å². The molecule has 0 amide bonds. The van der Waals surface area contributed by atoms with E-state index in [1.165, 1.54) is 24.8 Å². The summed E-state index contributed by atoms with van der Waals surface area (Å²) in [4.78, 5) is 12.2. The molecule has 0 bridgehead atoms. The van der Waals surface area contributed by atoms with Crippen LogP contribution in [0.3, 0.4) is 0 Å². The minimum atomic E-state index is 0.0135. The first kappa shape index (κ1) is 11.7. The molecule has 4 rings (SSSR count). The van der Waals surface area contributed by atoms with Gasteiger partial charge in [0.05, 0.1) is 0 Å². The summed E-state index contributed by atoms with van der Waals surface area (Å²) < 4.78 is 0. The Bertz CT molecular complexity index is 532. The number of carbonyl (C=O) groups excluding carboxylic acids is 1. The smallest absolute Gasteiger partial charge is 0.139 e. The van der Waals surface area contributed by atoms with Crippen LogP contribution in [0.25, 0.3) is 0 Å². The van der Waals surface area contributed by atoms with Crippen LogP contribution in [-0.4, -0.2) is 5.78 Å². The Kier molecular flexibility index (Phi) is 2.43. The number of carbonyl (C=O) groups is 1. The largest absolute Gasteiger partial charge is 0.299 e. The van der Waals surface area contributed by atoms with Crippen LogP contribution in [0.15, 0.2) is 18.2 Å². The summed E-state index contributed by atoms with van der Waals surface area (Å²) in [5, 5.41) is 0. The molecule has 2 saturated carbocycles. The lowest BCUT2D eigenvalue weighted by Crippen LogP contribution is -2.42. The number of aryl methyl sites for hydroxylation is 1. The van der Waals surface area contributed by atoms with Crippen LogP contribution < -0.4 is 0 Å². The second kappa shape index (κ2) is 3.94. The highest BCUT2D eigenvalue weighted by molar-refractivity contribution is 5.87. The predicted octanol–water partition coefficient (Wildman–Crippen LogP) is 3.91. The van der Waals surface area contributed by atoms with Gasteiger partial charge >= 0.3 is 0 Å². The summed E-state index contributed by atoms with van der Waals surface area (Å²) in [5.74, 6) is 2.65. The molecule has 99 valence electrons. The number of benzene rings is 1. The molecule has 1 aromatic carbocycles. The molecule has 1 aromatic rings. The molecule has 3 aliphatic carbocycles. The second-order valence-electron chi connectivity index (χ2n) is 6.96. The molecule has 0 aliphatic heterocycles. The van der Waals surface area contributed by atoms with Crippen molar-refractivity contribution in [2.45, 2.75) is 51.4 Å². The molecular weight excluding hydrogens is 232 g/mol. The Labute approximate surface area is 115 Å². The van der Waals surface area contributed by atoms with Crippen molar-refractivity contribution in [2.24, 2.45) is 17.3 Å². The van der Waals surface area contributed by atoms with Crippen molar-refractivity contribution in [3.63, 3.8) is 0 Å². The van der Waals surface area contributed by atoms with E-state index in [2.05, 4.69) is 31.2 Å². The van der Waals surface area contributed by atoms with E-state index in [-0.39, 0.29) is 5.41 Å². The Morgan fingerprint density at radius 3 is 3.05 bits per heavy atom. The summed E-state index contributed by atoms with van der Waals surface area (Å²) in [7, 11) is 0. The second-order valence-corrected chi connectivity index (χ2v) is 6.96. The fourth-order valence-corrected chi connectivity index (χ4v) is 5.22. The maximum absolute atomic E-state index is 12.2. The number of hydrogen-bond donors (Lipinski definition) is 0. The Balaban J connectivity index is 1.74. The van der Waals surface area contributed by atoms with Crippen molar-refractivity contribution in [3.05, 3.63) is 35.4 Å². The van der Waals surface area contributed by atoms with Gasteiger partial charge in [-0.1, -0.05) is 25.1 Å². The third kappa shape index (κ3) is 1.50. The zero-order chi connectivity index (χ0) is 13.0. The summed E-state index contributed by atoms with van der Waals surface area (Å²) >= 11 is 0. The molecule has 2 fully saturated rings. The molecule has 0 heterocycles. The van der Waals surface area contributed by atoms with Crippen molar-refractivity contribution >= 4 is 5.78 Å². The molecule has 0 aromatic heterocycles. The summed E-state index contributed by atoms with van der Waals surface area (Å²) in [5.41, 5.74) is 3.09. The first-order chi connectivity index (χ1) is 9.20. The van der Waals surface area contributed by atoms with Crippen LogP contribution in [0.5, 0.6) is 0 Å². The number of fused-ring (bicyclic) bond motifs is 5. The van der Waals surface area contributed by atoms with Gasteiger partial charge in [0, 0.05) is 11.8 Å². The van der Waals surface area contributed by atoms with Gasteiger partial charge in [-0.05, 0) is 67.1 Å². The van der Waals surface area contributed by atoms with E-state index in [1.54, 1.807) is 5.56 Å². The van der Waals surface area contributed by atoms with Crippen molar-refractivity contribution in [1.29, 1.82) is 0 Å². The van der Waals surface area contributed by atoms with Crippen LogP contribution in [0.2, 0.25) is 0 Å². The van der Waals surface area contributed by atoms with Crippen molar-refractivity contribution in [1.82, 2.24) is 0 Å². The summed E-state index contributed by atoms with van der Waals surface area (Å²) in [6.45, 7) is 2.25. The molecule has 4 atom stereocenters. The number of rotatable bonds is 0. The summed E-state index contributed by atoms with van der Waals surface area (Å²) in [6.07, 6.45) is 6.76. The van der Waals surface area contributed by atoms with Gasteiger partial charge in [0.2, 0.25) is 0 Å². The van der Waals surface area contributed by atoms with E-state index in [0.717, 1.165) is 25.2 Å². The average Bonchev–Trinajstić information content (AvgIpc) is 2.75. The molecule has 1 radical (unpaired) electrons. The van der Waals surface area contributed by atoms with Gasteiger partial charge in [0.25, 0.3) is 0 Å². The third-order valence-electron chi connectivity index (χ3n) is 6.28. The lowest BCUT2D eigenvalue weighted by molar-refractivity contribution is -0.129. The number of Topliss-reactive ketones (excluding diaryl/α,β-unsaturated/α-hetero) is 1. The van der Waals surface area contributed by atoms with Crippen LogP contribution in [0.1, 0.15) is 56.1 Å². The van der Waals surface area contributed by atoms with Crippen LogP contribution in [-0.2, 0) is 11.2 Å². The van der Waals surface area contributed by atoms with Crippen LogP contribution >= 0.6 is 0 Å². The van der Waals surface area contributed by atoms with Gasteiger partial charge in [0.1, 0.15) is 5.78 Å². The van der Waals surface area contributed by atoms with E-state index in [1.807, 2.05) is 0 Å². The first-order valence-electron chi connectivity index (χ1n) is 7.72. The molecule has 1 nitrogen and oxygen atoms in total. The molecule has 3 aliphatic rings. The standard InChI is InChI=1S/C18H21O/c1-18-11-10-14-13-5-3-2-4-12(13)6-7-15(14)16(18)8-9-17(18)19/h3-5,14-16H,6-11H2,1H3/t14-,15-,16+,18+/m1/s1. The van der Waals surface area contributed by atoms with Crippen LogP contribution in [0.4, 0.5) is 0 Å². The Morgan fingerprint density at radius 2 is 2.16 bits per heavy atom. The topological polar surface area (TPSA) is 17.1 Å². The van der Waals surface area contributed by atoms with Gasteiger partial charge < -0.3 is 0 Å². The fourth-order valence-electron chi connectivity index (χ4n) is 5.22. The van der Waals surface area contributed by atoms with Crippen molar-refractivity contribution in [2.75, 3.05) is 0 Å². The zero-order valence-electron chi connectivity index (χ0n) is 11.6. The number of ketones is 1. The van der Waals surface area contributed by atoms with Crippen LogP contribution in [0, 0.1) is 23.3 Å². The maximum Gasteiger partial charge on any atom is 0.139 e.